The Morgan fingerprint density at radius 1 is 0.970 bits per heavy atom. The number of methoxy groups -OCH3 is 1. The molecule has 4 fully saturated rings. The van der Waals surface area contributed by atoms with E-state index >= 15 is 4.79 Å². The van der Waals surface area contributed by atoms with E-state index in [-0.39, 0.29) is 37.2 Å². The Hall–Kier alpha value is -4.71. The number of nitrogens with zero attached hydrogens (tertiary/aromatic N) is 1. The van der Waals surface area contributed by atoms with Crippen LogP contribution < -0.4 is 5.32 Å². The van der Waals surface area contributed by atoms with Crippen LogP contribution in [-0.4, -0.2) is 139 Å². The van der Waals surface area contributed by atoms with Gasteiger partial charge in [-0.3, -0.25) is 14.5 Å². The quantitative estimate of drug-likeness (QED) is 0.147. The summed E-state index contributed by atoms with van der Waals surface area (Å²) in [6.07, 6.45) is -7.40. The lowest BCUT2D eigenvalue weighted by Gasteiger charge is -2.68. The molecule has 2 aliphatic heterocycles. The van der Waals surface area contributed by atoms with Crippen molar-refractivity contribution in [1.82, 2.24) is 10.2 Å². The zero-order valence-electron chi connectivity index (χ0n) is 39.5. The number of amides is 1. The number of Topliss-reactive ketones (excluding diaryl/α,β-unsaturated/α-hetero) is 1. The Bertz CT molecular complexity index is 2170. The van der Waals surface area contributed by atoms with Crippen molar-refractivity contribution in [2.45, 2.75) is 128 Å². The van der Waals surface area contributed by atoms with E-state index in [4.69, 9.17) is 33.2 Å². The summed E-state index contributed by atoms with van der Waals surface area (Å²) >= 11 is 0. The SMILES string of the molecule is CO[C@H]1C[C@H]2OC[C@@]2(OC(C)=O)C2[C@H](OC(=O)c3ccccc3)[C@]3(O)C[C@H](OC(=O)[C@H](O)[C@@H](NC(=O)OC(C)(C)C)c4ccccc4)C(C)=C([C@@H](CCN4CCOCC4)C(=O)[C@@]21C)C3(C)C. The fourth-order valence-corrected chi connectivity index (χ4v) is 11.5. The molecule has 1 unspecified atom stereocenters. The van der Waals surface area contributed by atoms with Gasteiger partial charge in [0.2, 0.25) is 0 Å². The predicted molar refractivity (Wildman–Crippen MR) is 238 cm³/mol. The van der Waals surface area contributed by atoms with Crippen LogP contribution in [-0.2, 0) is 47.5 Å². The minimum Gasteiger partial charge on any atom is -0.456 e. The summed E-state index contributed by atoms with van der Waals surface area (Å²) in [6.45, 7) is 16.0. The van der Waals surface area contributed by atoms with Crippen LogP contribution in [0.2, 0.25) is 0 Å². The van der Waals surface area contributed by atoms with Gasteiger partial charge >= 0.3 is 24.0 Å². The summed E-state index contributed by atoms with van der Waals surface area (Å²) in [4.78, 5) is 73.9. The number of ketones is 1. The van der Waals surface area contributed by atoms with Gasteiger partial charge in [0, 0.05) is 51.3 Å². The van der Waals surface area contributed by atoms with Crippen LogP contribution in [0.15, 0.2) is 71.8 Å². The van der Waals surface area contributed by atoms with Gasteiger partial charge in [-0.1, -0.05) is 62.4 Å². The van der Waals surface area contributed by atoms with Gasteiger partial charge in [0.25, 0.3) is 0 Å². The van der Waals surface area contributed by atoms with E-state index in [0.717, 1.165) is 0 Å². The maximum Gasteiger partial charge on any atom is 0.408 e. The molecule has 0 radical (unpaired) electrons. The van der Waals surface area contributed by atoms with Gasteiger partial charge in [0.05, 0.1) is 48.9 Å². The zero-order chi connectivity index (χ0) is 48.0. The second-order valence-corrected chi connectivity index (χ2v) is 20.2. The monoisotopic (exact) mass is 918 g/mol. The highest BCUT2D eigenvalue weighted by molar-refractivity contribution is 5.93. The first kappa shape index (κ1) is 49.2. The van der Waals surface area contributed by atoms with Gasteiger partial charge in [-0.05, 0) is 76.4 Å². The van der Waals surface area contributed by atoms with Crippen molar-refractivity contribution in [3.05, 3.63) is 82.9 Å². The first-order valence-corrected chi connectivity index (χ1v) is 22.9. The van der Waals surface area contributed by atoms with Crippen molar-refractivity contribution >= 4 is 29.8 Å². The van der Waals surface area contributed by atoms with Crippen LogP contribution in [0.4, 0.5) is 4.79 Å². The largest absolute Gasteiger partial charge is 0.456 e. The Morgan fingerprint density at radius 3 is 2.18 bits per heavy atom. The Morgan fingerprint density at radius 2 is 1.61 bits per heavy atom. The molecule has 2 bridgehead atoms. The van der Waals surface area contributed by atoms with Crippen LogP contribution in [0.5, 0.6) is 0 Å². The Kier molecular flexibility index (Phi) is 14.0. The fourth-order valence-electron chi connectivity index (χ4n) is 11.5. The number of ether oxygens (including phenoxy) is 7. The number of aliphatic hydroxyl groups excluding tert-OH is 1. The highest BCUT2D eigenvalue weighted by atomic mass is 16.6. The lowest BCUT2D eigenvalue weighted by Crippen LogP contribution is -2.81. The van der Waals surface area contributed by atoms with Gasteiger partial charge in [-0.2, -0.15) is 0 Å². The summed E-state index contributed by atoms with van der Waals surface area (Å²) in [7, 11) is 1.50. The van der Waals surface area contributed by atoms with Crippen molar-refractivity contribution in [2.75, 3.05) is 46.6 Å². The highest BCUT2D eigenvalue weighted by Gasteiger charge is 2.78. The summed E-state index contributed by atoms with van der Waals surface area (Å²) < 4.78 is 42.7. The standard InChI is InChI=1S/C50H66N2O14/c1-29-34(63-44(57)39(54)38(31-16-12-10-13-17-31)51-45(58)66-46(3,4)5)27-50(59)42(64-43(56)32-18-14-11-15-19-32)40-48(8,35(60-9)26-36-49(40,28-62-36)65-30(2)53)41(55)33(37(29)47(50,6)7)20-21-52-22-24-61-25-23-52/h10-19,33-36,38-40,42,54,59H,20-28H2,1-9H3,(H,51,58)/t33-,34+,35+,36-,38+,39-,40?,42+,48-,49+,50-/m1/s1. The second kappa shape index (κ2) is 18.8. The topological polar surface area (TPSA) is 206 Å². The van der Waals surface area contributed by atoms with Crippen molar-refractivity contribution in [3.8, 4) is 0 Å². The summed E-state index contributed by atoms with van der Waals surface area (Å²) in [6, 6.07) is 15.3. The van der Waals surface area contributed by atoms with Crippen molar-refractivity contribution in [2.24, 2.45) is 22.7 Å². The zero-order valence-corrected chi connectivity index (χ0v) is 39.5. The summed E-state index contributed by atoms with van der Waals surface area (Å²) in [5.74, 6) is -5.09. The molecule has 16 nitrogen and oxygen atoms in total. The number of aliphatic hydroxyl groups is 2. The smallest absolute Gasteiger partial charge is 0.408 e. The first-order chi connectivity index (χ1) is 31.1. The average molecular weight is 919 g/mol. The number of hydrogen-bond acceptors (Lipinski definition) is 15. The molecule has 16 heteroatoms. The highest BCUT2D eigenvalue weighted by Crippen LogP contribution is 2.65. The lowest BCUT2D eigenvalue weighted by molar-refractivity contribution is -0.347. The molecular weight excluding hydrogens is 853 g/mol. The lowest BCUT2D eigenvalue weighted by atomic mass is 9.43. The molecular formula is C50H66N2O14. The number of esters is 3. The molecule has 0 aromatic heterocycles. The number of carbonyl (C=O) groups excluding carboxylic acids is 5. The number of carbonyl (C=O) groups is 5. The second-order valence-electron chi connectivity index (χ2n) is 20.2. The number of benzene rings is 2. The fraction of sp³-hybridized carbons (Fsp3) is 0.620. The van der Waals surface area contributed by atoms with Crippen LogP contribution in [0.1, 0.15) is 96.6 Å². The van der Waals surface area contributed by atoms with E-state index in [1.165, 1.54) is 14.0 Å². The number of fused-ring (bicyclic) bond motifs is 5. The summed E-state index contributed by atoms with van der Waals surface area (Å²) in [5, 5.41) is 28.6. The van der Waals surface area contributed by atoms with Crippen LogP contribution in [0, 0.1) is 22.7 Å². The van der Waals surface area contributed by atoms with Crippen molar-refractivity contribution in [1.29, 1.82) is 0 Å². The van der Waals surface area contributed by atoms with E-state index in [1.54, 1.807) is 109 Å². The number of hydrogen-bond donors (Lipinski definition) is 3. The van der Waals surface area contributed by atoms with Crippen molar-refractivity contribution < 1.29 is 67.3 Å². The molecule has 2 saturated heterocycles. The summed E-state index contributed by atoms with van der Waals surface area (Å²) in [5.41, 5.74) is -6.11. The number of rotatable bonds is 12. The molecule has 2 aromatic carbocycles. The molecule has 360 valence electrons. The molecule has 11 atom stereocenters. The van der Waals surface area contributed by atoms with Crippen LogP contribution >= 0.6 is 0 Å². The number of nitrogens with one attached hydrogen (secondary N) is 1. The third-order valence-corrected chi connectivity index (χ3v) is 14.8. The molecule has 0 spiro atoms. The van der Waals surface area contributed by atoms with Gasteiger partial charge in [-0.25, -0.2) is 14.4 Å². The van der Waals surface area contributed by atoms with E-state index in [2.05, 4.69) is 10.2 Å². The van der Waals surface area contributed by atoms with Gasteiger partial charge in [-0.15, -0.1) is 0 Å². The minimum atomic E-state index is -2.18. The maximum absolute atomic E-state index is 16.3. The molecule has 7 rings (SSSR count). The molecule has 1 amide bonds. The Balaban J connectivity index is 1.40. The molecule has 3 N–H and O–H groups in total. The molecule has 2 saturated carbocycles. The van der Waals surface area contributed by atoms with E-state index in [0.29, 0.717) is 49.6 Å². The first-order valence-electron chi connectivity index (χ1n) is 22.9. The molecule has 3 aliphatic carbocycles. The van der Waals surface area contributed by atoms with Gasteiger partial charge in [0.1, 0.15) is 35.3 Å². The van der Waals surface area contributed by atoms with Gasteiger partial charge in [0.15, 0.2) is 11.7 Å². The van der Waals surface area contributed by atoms with Crippen LogP contribution in [0.25, 0.3) is 0 Å². The predicted octanol–water partition coefficient (Wildman–Crippen LogP) is 4.89. The van der Waals surface area contributed by atoms with E-state index < -0.39 is 100 Å². The molecule has 66 heavy (non-hydrogen) atoms. The molecule has 2 heterocycles. The normalized spacial score (nSPS) is 32.7. The third kappa shape index (κ3) is 8.92. The maximum atomic E-state index is 16.3. The molecule has 2 aromatic rings. The number of morpholine rings is 1. The van der Waals surface area contributed by atoms with Gasteiger partial charge < -0.3 is 48.7 Å². The third-order valence-electron chi connectivity index (χ3n) is 14.8. The Labute approximate surface area is 386 Å². The van der Waals surface area contributed by atoms with E-state index in [9.17, 15) is 29.4 Å². The van der Waals surface area contributed by atoms with E-state index in [1.807, 2.05) is 0 Å². The number of alkyl carbamates (subject to hydrolysis) is 1. The van der Waals surface area contributed by atoms with Crippen molar-refractivity contribution in [3.63, 3.8) is 0 Å². The minimum absolute atomic E-state index is 0.159. The molecule has 5 aliphatic rings. The average Bonchev–Trinajstić information content (AvgIpc) is 3.26. The van der Waals surface area contributed by atoms with Crippen LogP contribution in [0.3, 0.4) is 0 Å².